The molecule has 4 rings (SSSR count). The lowest BCUT2D eigenvalue weighted by Crippen LogP contribution is -2.35. The van der Waals surface area contributed by atoms with Crippen molar-refractivity contribution in [2.24, 2.45) is 0 Å². The number of imidazole rings is 1. The Kier molecular flexibility index (Phi) is 5.76. The van der Waals surface area contributed by atoms with Gasteiger partial charge in [0.2, 0.25) is 0 Å². The standard InChI is InChI=1S/C21H23N5OS/c1-15(25-28-18-7-6-17-14-22-9-8-16(17)12-18)13-23-10-11-26-20-5-3-2-4-19(20)24-21(26)27/h2-9,12,14-15,23,25H,10-11,13H2,1H3,(H,24,27)/t15-/m1/s1. The monoisotopic (exact) mass is 393 g/mol. The van der Waals surface area contributed by atoms with E-state index in [9.17, 15) is 4.79 Å². The Morgan fingerprint density at radius 1 is 1.18 bits per heavy atom. The second kappa shape index (κ2) is 8.60. The third kappa shape index (κ3) is 4.27. The summed E-state index contributed by atoms with van der Waals surface area (Å²) in [4.78, 5) is 20.3. The fourth-order valence-electron chi connectivity index (χ4n) is 3.17. The largest absolute Gasteiger partial charge is 0.326 e. The molecule has 0 radical (unpaired) electrons. The Bertz CT molecular complexity index is 1140. The minimum atomic E-state index is -0.0590. The van der Waals surface area contributed by atoms with E-state index < -0.39 is 0 Å². The van der Waals surface area contributed by atoms with Crippen molar-refractivity contribution in [3.8, 4) is 0 Å². The SMILES string of the molecule is C[C@H](CNCCn1c(=O)[nH]c2ccccc21)NSc1ccc2cnccc2c1. The zero-order chi connectivity index (χ0) is 19.3. The van der Waals surface area contributed by atoms with Gasteiger partial charge in [0.1, 0.15) is 0 Å². The Hall–Kier alpha value is -2.61. The van der Waals surface area contributed by atoms with Crippen molar-refractivity contribution >= 4 is 33.8 Å². The number of aromatic amines is 1. The van der Waals surface area contributed by atoms with Crippen LogP contribution in [0, 0.1) is 0 Å². The van der Waals surface area contributed by atoms with Gasteiger partial charge < -0.3 is 10.3 Å². The van der Waals surface area contributed by atoms with Crippen LogP contribution >= 0.6 is 11.9 Å². The van der Waals surface area contributed by atoms with Crippen LogP contribution in [-0.2, 0) is 6.54 Å². The van der Waals surface area contributed by atoms with E-state index in [0.717, 1.165) is 29.5 Å². The van der Waals surface area contributed by atoms with Crippen LogP contribution in [0.5, 0.6) is 0 Å². The summed E-state index contributed by atoms with van der Waals surface area (Å²) < 4.78 is 5.24. The first kappa shape index (κ1) is 18.7. The topological polar surface area (TPSA) is 74.7 Å². The number of hydrogen-bond donors (Lipinski definition) is 3. The highest BCUT2D eigenvalue weighted by atomic mass is 32.2. The Balaban J connectivity index is 1.24. The van der Waals surface area contributed by atoms with E-state index in [2.05, 4.69) is 45.1 Å². The number of hydrogen-bond acceptors (Lipinski definition) is 5. The molecule has 0 saturated carbocycles. The van der Waals surface area contributed by atoms with Crippen molar-refractivity contribution in [2.45, 2.75) is 24.4 Å². The molecule has 0 aliphatic rings. The van der Waals surface area contributed by atoms with E-state index in [-0.39, 0.29) is 11.7 Å². The molecule has 0 aliphatic carbocycles. The van der Waals surface area contributed by atoms with Crippen molar-refractivity contribution in [2.75, 3.05) is 13.1 Å². The first-order valence-electron chi connectivity index (χ1n) is 9.35. The maximum absolute atomic E-state index is 12.1. The predicted molar refractivity (Wildman–Crippen MR) is 116 cm³/mol. The van der Waals surface area contributed by atoms with E-state index in [1.807, 2.05) is 42.7 Å². The second-order valence-corrected chi connectivity index (χ2v) is 7.72. The van der Waals surface area contributed by atoms with Gasteiger partial charge >= 0.3 is 5.69 Å². The second-order valence-electron chi connectivity index (χ2n) is 6.81. The molecule has 0 unspecified atom stereocenters. The summed E-state index contributed by atoms with van der Waals surface area (Å²) in [6.07, 6.45) is 3.69. The minimum Gasteiger partial charge on any atom is -0.313 e. The molecule has 0 fully saturated rings. The molecular weight excluding hydrogens is 370 g/mol. The van der Waals surface area contributed by atoms with Gasteiger partial charge in [0, 0.05) is 48.4 Å². The molecule has 0 bridgehead atoms. The van der Waals surface area contributed by atoms with E-state index in [0.29, 0.717) is 6.54 Å². The summed E-state index contributed by atoms with van der Waals surface area (Å²) in [5.74, 6) is 0. The van der Waals surface area contributed by atoms with Gasteiger partial charge in [0.25, 0.3) is 0 Å². The van der Waals surface area contributed by atoms with E-state index >= 15 is 0 Å². The van der Waals surface area contributed by atoms with Crippen LogP contribution in [-0.4, -0.2) is 33.7 Å². The molecule has 0 aliphatic heterocycles. The molecule has 28 heavy (non-hydrogen) atoms. The van der Waals surface area contributed by atoms with Crippen molar-refractivity contribution < 1.29 is 0 Å². The molecular formula is C21H23N5OS. The lowest BCUT2D eigenvalue weighted by atomic mass is 10.2. The third-order valence-corrected chi connectivity index (χ3v) is 5.64. The normalized spacial score (nSPS) is 12.6. The zero-order valence-electron chi connectivity index (χ0n) is 15.7. The molecule has 0 saturated heterocycles. The Morgan fingerprint density at radius 2 is 2.07 bits per heavy atom. The van der Waals surface area contributed by atoms with Crippen LogP contribution in [0.1, 0.15) is 6.92 Å². The van der Waals surface area contributed by atoms with Gasteiger partial charge in [-0.1, -0.05) is 18.2 Å². The number of rotatable bonds is 8. The van der Waals surface area contributed by atoms with Crippen molar-refractivity contribution in [1.29, 1.82) is 0 Å². The minimum absolute atomic E-state index is 0.0590. The van der Waals surface area contributed by atoms with Gasteiger partial charge in [-0.3, -0.25) is 14.3 Å². The van der Waals surface area contributed by atoms with Crippen LogP contribution in [0.2, 0.25) is 0 Å². The average molecular weight is 394 g/mol. The fraction of sp³-hybridized carbons (Fsp3) is 0.238. The summed E-state index contributed by atoms with van der Waals surface area (Å²) in [6.45, 7) is 4.34. The molecule has 3 N–H and O–H groups in total. The highest BCUT2D eigenvalue weighted by molar-refractivity contribution is 7.97. The smallest absolute Gasteiger partial charge is 0.313 e. The van der Waals surface area contributed by atoms with Crippen LogP contribution in [0.25, 0.3) is 21.8 Å². The van der Waals surface area contributed by atoms with Crippen molar-refractivity contribution in [3.63, 3.8) is 0 Å². The van der Waals surface area contributed by atoms with E-state index in [1.54, 1.807) is 16.5 Å². The maximum atomic E-state index is 12.1. The Morgan fingerprint density at radius 3 is 3.00 bits per heavy atom. The molecule has 0 amide bonds. The molecule has 1 atom stereocenters. The van der Waals surface area contributed by atoms with Crippen LogP contribution in [0.4, 0.5) is 0 Å². The zero-order valence-corrected chi connectivity index (χ0v) is 16.5. The summed E-state index contributed by atoms with van der Waals surface area (Å²) in [6, 6.07) is 16.4. The maximum Gasteiger partial charge on any atom is 0.326 e. The molecule has 4 aromatic rings. The lowest BCUT2D eigenvalue weighted by molar-refractivity contribution is 0.548. The average Bonchev–Trinajstić information content (AvgIpc) is 3.04. The van der Waals surface area contributed by atoms with Gasteiger partial charge in [-0.2, -0.15) is 0 Å². The third-order valence-electron chi connectivity index (χ3n) is 4.63. The Labute approximate surface area is 167 Å². The quantitative estimate of drug-likeness (QED) is 0.317. The number of benzene rings is 2. The first-order chi connectivity index (χ1) is 13.7. The molecule has 2 heterocycles. The summed E-state index contributed by atoms with van der Waals surface area (Å²) in [7, 11) is 0. The molecule has 6 nitrogen and oxygen atoms in total. The van der Waals surface area contributed by atoms with Gasteiger partial charge in [-0.05, 0) is 54.6 Å². The molecule has 7 heteroatoms. The molecule has 0 spiro atoms. The number of fused-ring (bicyclic) bond motifs is 2. The predicted octanol–water partition coefficient (Wildman–Crippen LogP) is 3.15. The van der Waals surface area contributed by atoms with Gasteiger partial charge in [0.05, 0.1) is 11.0 Å². The van der Waals surface area contributed by atoms with Gasteiger partial charge in [-0.25, -0.2) is 4.79 Å². The molecule has 2 aromatic heterocycles. The molecule has 2 aromatic carbocycles. The van der Waals surface area contributed by atoms with E-state index in [1.165, 1.54) is 10.3 Å². The van der Waals surface area contributed by atoms with Gasteiger partial charge in [-0.15, -0.1) is 0 Å². The number of nitrogens with zero attached hydrogens (tertiary/aromatic N) is 2. The number of pyridine rings is 1. The highest BCUT2D eigenvalue weighted by Crippen LogP contribution is 2.21. The summed E-state index contributed by atoms with van der Waals surface area (Å²) >= 11 is 1.63. The summed E-state index contributed by atoms with van der Waals surface area (Å²) in [5.41, 5.74) is 1.77. The number of H-pyrrole nitrogens is 1. The van der Waals surface area contributed by atoms with Crippen molar-refractivity contribution in [3.05, 3.63) is 71.4 Å². The fourth-order valence-corrected chi connectivity index (χ4v) is 3.92. The van der Waals surface area contributed by atoms with Crippen LogP contribution < -0.4 is 15.7 Å². The van der Waals surface area contributed by atoms with E-state index in [4.69, 9.17) is 0 Å². The van der Waals surface area contributed by atoms with Crippen LogP contribution in [0.15, 0.2) is 70.6 Å². The van der Waals surface area contributed by atoms with Crippen LogP contribution in [0.3, 0.4) is 0 Å². The highest BCUT2D eigenvalue weighted by Gasteiger charge is 2.06. The number of aromatic nitrogens is 3. The number of nitrogens with one attached hydrogen (secondary N) is 3. The lowest BCUT2D eigenvalue weighted by Gasteiger charge is -2.14. The summed E-state index contributed by atoms with van der Waals surface area (Å²) in [5, 5.41) is 5.76. The van der Waals surface area contributed by atoms with Crippen molar-refractivity contribution in [1.82, 2.24) is 24.6 Å². The number of para-hydroxylation sites is 2. The van der Waals surface area contributed by atoms with Gasteiger partial charge in [0.15, 0.2) is 0 Å². The molecule has 144 valence electrons. The first-order valence-corrected chi connectivity index (χ1v) is 10.2.